The monoisotopic (exact) mass is 353 g/mol. The normalized spacial score (nSPS) is 16.3. The second-order valence-corrected chi connectivity index (χ2v) is 6.32. The molecule has 2 heterocycles. The van der Waals surface area contributed by atoms with Gasteiger partial charge in [-0.3, -0.25) is 9.59 Å². The smallest absolute Gasteiger partial charge is 0.290 e. The minimum absolute atomic E-state index is 0.0309. The maximum absolute atomic E-state index is 14.5. The van der Waals surface area contributed by atoms with Crippen molar-refractivity contribution in [3.05, 3.63) is 81.0 Å². The highest BCUT2D eigenvalue weighted by Crippen LogP contribution is 2.38. The number of fused-ring (bicyclic) bond motifs is 2. The summed E-state index contributed by atoms with van der Waals surface area (Å²) in [6.07, 6.45) is 0. The lowest BCUT2D eigenvalue weighted by Gasteiger charge is -2.24. The second-order valence-electron chi connectivity index (χ2n) is 6.32. The summed E-state index contributed by atoms with van der Waals surface area (Å²) in [6, 6.07) is 10.2. The molecule has 1 aliphatic rings. The van der Waals surface area contributed by atoms with Gasteiger partial charge in [0, 0.05) is 12.1 Å². The summed E-state index contributed by atoms with van der Waals surface area (Å²) in [6.45, 7) is 1.51. The maximum atomic E-state index is 14.5. The third-order valence-electron chi connectivity index (χ3n) is 4.66. The van der Waals surface area contributed by atoms with Crippen LogP contribution in [0.15, 0.2) is 51.7 Å². The summed E-state index contributed by atoms with van der Waals surface area (Å²) in [5.41, 5.74) is 1.15. The number of benzene rings is 2. The molecular weight excluding hydrogens is 337 g/mol. The maximum Gasteiger partial charge on any atom is 0.290 e. The first-order valence-corrected chi connectivity index (χ1v) is 8.26. The fraction of sp³-hybridized carbons (Fsp3) is 0.200. The number of rotatable bonds is 3. The molecule has 1 aromatic heterocycles. The van der Waals surface area contributed by atoms with E-state index in [1.807, 2.05) is 6.92 Å². The van der Waals surface area contributed by atoms with Crippen LogP contribution in [0, 0.1) is 12.7 Å². The molecule has 2 aromatic carbocycles. The summed E-state index contributed by atoms with van der Waals surface area (Å²) >= 11 is 0. The van der Waals surface area contributed by atoms with Crippen molar-refractivity contribution in [1.29, 1.82) is 0 Å². The molecule has 0 aliphatic carbocycles. The van der Waals surface area contributed by atoms with Crippen LogP contribution >= 0.6 is 0 Å². The number of aliphatic hydroxyl groups excluding tert-OH is 1. The molecule has 6 heteroatoms. The molecule has 0 saturated heterocycles. The third-order valence-corrected chi connectivity index (χ3v) is 4.66. The van der Waals surface area contributed by atoms with Crippen molar-refractivity contribution >= 4 is 16.9 Å². The van der Waals surface area contributed by atoms with Crippen LogP contribution in [-0.4, -0.2) is 29.1 Å². The second kappa shape index (κ2) is 6.07. The lowest BCUT2D eigenvalue weighted by atomic mass is 9.98. The molecule has 0 spiro atoms. The molecule has 1 aliphatic heterocycles. The Bertz CT molecular complexity index is 1090. The minimum Gasteiger partial charge on any atom is -0.450 e. The van der Waals surface area contributed by atoms with E-state index >= 15 is 0 Å². The van der Waals surface area contributed by atoms with E-state index < -0.39 is 17.8 Å². The largest absolute Gasteiger partial charge is 0.450 e. The zero-order valence-electron chi connectivity index (χ0n) is 14.0. The first kappa shape index (κ1) is 16.5. The molecule has 0 fully saturated rings. The number of hydrogen-bond acceptors (Lipinski definition) is 4. The number of hydrogen-bond donors (Lipinski definition) is 1. The van der Waals surface area contributed by atoms with Crippen LogP contribution in [-0.2, 0) is 0 Å². The van der Waals surface area contributed by atoms with Crippen LogP contribution in [0.2, 0.25) is 0 Å². The van der Waals surface area contributed by atoms with E-state index in [1.165, 1.54) is 17.0 Å². The molecule has 1 N–H and O–H groups in total. The van der Waals surface area contributed by atoms with Crippen molar-refractivity contribution in [1.82, 2.24) is 4.90 Å². The van der Waals surface area contributed by atoms with E-state index in [1.54, 1.807) is 30.3 Å². The zero-order chi connectivity index (χ0) is 18.4. The Hall–Kier alpha value is -2.99. The van der Waals surface area contributed by atoms with Gasteiger partial charge < -0.3 is 14.4 Å². The van der Waals surface area contributed by atoms with Crippen LogP contribution in [0.4, 0.5) is 4.39 Å². The zero-order valence-corrected chi connectivity index (χ0v) is 14.0. The van der Waals surface area contributed by atoms with Gasteiger partial charge in [-0.25, -0.2) is 4.39 Å². The molecule has 5 nitrogen and oxygen atoms in total. The average Bonchev–Trinajstić information content (AvgIpc) is 2.89. The van der Waals surface area contributed by atoms with Crippen molar-refractivity contribution < 1.29 is 18.7 Å². The number of aliphatic hydroxyl groups is 1. The van der Waals surface area contributed by atoms with Gasteiger partial charge in [0.2, 0.25) is 5.76 Å². The number of β-amino-alcohol motifs (C(OH)–C–C–N with tert-alkyl or cyclic N) is 1. The molecule has 1 amide bonds. The van der Waals surface area contributed by atoms with Gasteiger partial charge in [-0.1, -0.05) is 29.8 Å². The number of amides is 1. The molecule has 26 heavy (non-hydrogen) atoms. The molecule has 0 bridgehead atoms. The van der Waals surface area contributed by atoms with Crippen molar-refractivity contribution in [3.63, 3.8) is 0 Å². The van der Waals surface area contributed by atoms with Gasteiger partial charge in [-0.15, -0.1) is 0 Å². The topological polar surface area (TPSA) is 70.8 Å². The Kier molecular flexibility index (Phi) is 3.85. The van der Waals surface area contributed by atoms with Gasteiger partial charge in [0.1, 0.15) is 11.4 Å². The number of carbonyl (C=O) groups is 1. The highest BCUT2D eigenvalue weighted by Gasteiger charge is 2.43. The van der Waals surface area contributed by atoms with E-state index in [2.05, 4.69) is 0 Å². The number of nitrogens with zero attached hydrogens (tertiary/aromatic N) is 1. The predicted molar refractivity (Wildman–Crippen MR) is 93.6 cm³/mol. The molecule has 4 rings (SSSR count). The van der Waals surface area contributed by atoms with Crippen LogP contribution in [0.25, 0.3) is 11.0 Å². The first-order chi connectivity index (χ1) is 12.5. The highest BCUT2D eigenvalue weighted by atomic mass is 19.1. The molecule has 0 radical (unpaired) electrons. The average molecular weight is 353 g/mol. The SMILES string of the molecule is Cc1ccc2oc3c(c(=O)c2c1)[C@H](c1ccccc1F)N(CCO)C3=O. The number of aryl methyl sites for hydroxylation is 1. The van der Waals surface area contributed by atoms with Crippen molar-refractivity contribution in [3.8, 4) is 0 Å². The fourth-order valence-corrected chi connectivity index (χ4v) is 3.49. The highest BCUT2D eigenvalue weighted by molar-refractivity contribution is 5.99. The van der Waals surface area contributed by atoms with Crippen LogP contribution in [0.5, 0.6) is 0 Å². The predicted octanol–water partition coefficient (Wildman–Crippen LogP) is 2.78. The number of carbonyl (C=O) groups excluding carboxylic acids is 1. The van der Waals surface area contributed by atoms with Gasteiger partial charge in [-0.05, 0) is 25.1 Å². The summed E-state index contributed by atoms with van der Waals surface area (Å²) in [7, 11) is 0. The third kappa shape index (κ3) is 2.34. The van der Waals surface area contributed by atoms with Crippen LogP contribution in [0.3, 0.4) is 0 Å². The van der Waals surface area contributed by atoms with Crippen molar-refractivity contribution in [2.45, 2.75) is 13.0 Å². The summed E-state index contributed by atoms with van der Waals surface area (Å²) in [5, 5.41) is 9.71. The van der Waals surface area contributed by atoms with E-state index in [-0.39, 0.29) is 35.5 Å². The Balaban J connectivity index is 2.05. The van der Waals surface area contributed by atoms with Crippen molar-refractivity contribution in [2.24, 2.45) is 0 Å². The molecular formula is C20H16FNO4. The Morgan fingerprint density at radius 2 is 1.96 bits per heavy atom. The Morgan fingerprint density at radius 1 is 1.19 bits per heavy atom. The quantitative estimate of drug-likeness (QED) is 0.786. The fourth-order valence-electron chi connectivity index (χ4n) is 3.49. The van der Waals surface area contributed by atoms with Gasteiger partial charge in [0.05, 0.1) is 23.6 Å². The van der Waals surface area contributed by atoms with Gasteiger partial charge in [-0.2, -0.15) is 0 Å². The summed E-state index contributed by atoms with van der Waals surface area (Å²) < 4.78 is 20.2. The van der Waals surface area contributed by atoms with Gasteiger partial charge in [0.15, 0.2) is 5.43 Å². The number of halogens is 1. The Labute approximate surface area is 148 Å². The lowest BCUT2D eigenvalue weighted by molar-refractivity contribution is 0.0689. The Morgan fingerprint density at radius 3 is 2.69 bits per heavy atom. The molecule has 132 valence electrons. The molecule has 1 atom stereocenters. The lowest BCUT2D eigenvalue weighted by Crippen LogP contribution is -2.32. The molecule has 0 unspecified atom stereocenters. The van der Waals surface area contributed by atoms with Gasteiger partial charge >= 0.3 is 0 Å². The van der Waals surface area contributed by atoms with Crippen molar-refractivity contribution in [2.75, 3.05) is 13.2 Å². The van der Waals surface area contributed by atoms with E-state index in [0.29, 0.717) is 11.0 Å². The minimum atomic E-state index is -0.924. The first-order valence-electron chi connectivity index (χ1n) is 8.26. The standard InChI is InChI=1S/C20H16FNO4/c1-11-6-7-15-13(10-11)18(24)16-17(12-4-2-3-5-14(12)21)22(8-9-23)20(25)19(16)26-15/h2-7,10,17,23H,8-9H2,1H3/t17-/m0/s1. The van der Waals surface area contributed by atoms with E-state index in [0.717, 1.165) is 5.56 Å². The molecule has 3 aromatic rings. The van der Waals surface area contributed by atoms with E-state index in [9.17, 15) is 19.1 Å². The van der Waals surface area contributed by atoms with E-state index in [4.69, 9.17) is 4.42 Å². The van der Waals surface area contributed by atoms with Gasteiger partial charge in [0.25, 0.3) is 5.91 Å². The summed E-state index contributed by atoms with van der Waals surface area (Å²) in [4.78, 5) is 27.2. The molecule has 0 saturated carbocycles. The summed E-state index contributed by atoms with van der Waals surface area (Å²) in [5.74, 6) is -1.14. The van der Waals surface area contributed by atoms with Crippen LogP contribution in [0.1, 0.15) is 33.3 Å². The van der Waals surface area contributed by atoms with Crippen LogP contribution < -0.4 is 5.43 Å².